The minimum Gasteiger partial charge on any atom is -0.394 e. The Kier molecular flexibility index (Phi) is 9.30. The first-order chi connectivity index (χ1) is 20.4. The summed E-state index contributed by atoms with van der Waals surface area (Å²) in [5.41, 5.74) is -3.63. The number of carbonyl (C=O) groups excluding carboxylic acids is 1. The van der Waals surface area contributed by atoms with Crippen molar-refractivity contribution in [3.05, 3.63) is 11.6 Å². The SMILES string of the molecule is CC(C)CCC(O)C(C)(O)C1CCC2(O)C3=CC(=O)C4CC(O)C(OC5OC(CO)C(O)C(O)C5O)CC4(C)C3CCC12C. The normalized spacial score (nSPS) is 49.5. The van der Waals surface area contributed by atoms with Crippen LogP contribution < -0.4 is 0 Å². The highest BCUT2D eigenvalue weighted by atomic mass is 16.7. The number of ketones is 1. The molecule has 4 fully saturated rings. The predicted octanol–water partition coefficient (Wildman–Crippen LogP) is 0.563. The zero-order valence-corrected chi connectivity index (χ0v) is 26.7. The highest BCUT2D eigenvalue weighted by molar-refractivity contribution is 5.95. The number of ether oxygens (including phenoxy) is 2. The van der Waals surface area contributed by atoms with Crippen LogP contribution in [0.25, 0.3) is 0 Å². The van der Waals surface area contributed by atoms with Crippen molar-refractivity contribution < 1.29 is 55.1 Å². The van der Waals surface area contributed by atoms with E-state index in [9.17, 15) is 45.6 Å². The van der Waals surface area contributed by atoms with E-state index < -0.39 is 83.6 Å². The van der Waals surface area contributed by atoms with E-state index in [0.29, 0.717) is 43.6 Å². The molecule has 0 aromatic heterocycles. The first-order valence-electron chi connectivity index (χ1n) is 16.4. The Balaban J connectivity index is 1.40. The maximum Gasteiger partial charge on any atom is 0.187 e. The Morgan fingerprint density at radius 3 is 2.36 bits per heavy atom. The molecule has 15 atom stereocenters. The van der Waals surface area contributed by atoms with Gasteiger partial charge in [-0.25, -0.2) is 0 Å². The molecule has 44 heavy (non-hydrogen) atoms. The van der Waals surface area contributed by atoms with Gasteiger partial charge in [0.25, 0.3) is 0 Å². The van der Waals surface area contributed by atoms with E-state index in [1.54, 1.807) is 13.0 Å². The molecule has 0 radical (unpaired) electrons. The number of fused-ring (bicyclic) bond motifs is 5. The van der Waals surface area contributed by atoms with Crippen LogP contribution in [0.3, 0.4) is 0 Å². The van der Waals surface area contributed by atoms with Gasteiger partial charge in [0.2, 0.25) is 0 Å². The Morgan fingerprint density at radius 1 is 1.05 bits per heavy atom. The quantitative estimate of drug-likeness (QED) is 0.187. The van der Waals surface area contributed by atoms with Crippen molar-refractivity contribution in [3.63, 3.8) is 0 Å². The molecule has 5 aliphatic rings. The zero-order chi connectivity index (χ0) is 32.6. The molecule has 3 saturated carbocycles. The predicted molar refractivity (Wildman–Crippen MR) is 158 cm³/mol. The van der Waals surface area contributed by atoms with Crippen LogP contribution in [0.1, 0.15) is 86.0 Å². The lowest BCUT2D eigenvalue weighted by molar-refractivity contribution is -0.323. The van der Waals surface area contributed by atoms with Gasteiger partial charge in [-0.1, -0.05) is 27.7 Å². The first kappa shape index (κ1) is 34.3. The van der Waals surface area contributed by atoms with Crippen molar-refractivity contribution in [2.24, 2.45) is 34.5 Å². The Morgan fingerprint density at radius 2 is 1.73 bits per heavy atom. The summed E-state index contributed by atoms with van der Waals surface area (Å²) in [5.74, 6) is -0.922. The van der Waals surface area contributed by atoms with E-state index in [4.69, 9.17) is 9.47 Å². The smallest absolute Gasteiger partial charge is 0.187 e. The molecule has 8 N–H and O–H groups in total. The van der Waals surface area contributed by atoms with Gasteiger partial charge in [-0.05, 0) is 93.1 Å². The van der Waals surface area contributed by atoms with Gasteiger partial charge in [-0.15, -0.1) is 0 Å². The summed E-state index contributed by atoms with van der Waals surface area (Å²) in [6.45, 7) is 9.16. The molecule has 11 nitrogen and oxygen atoms in total. The van der Waals surface area contributed by atoms with Gasteiger partial charge in [-0.3, -0.25) is 4.79 Å². The molecule has 1 heterocycles. The van der Waals surface area contributed by atoms with E-state index in [0.717, 1.165) is 6.42 Å². The summed E-state index contributed by atoms with van der Waals surface area (Å²) in [4.78, 5) is 13.7. The van der Waals surface area contributed by atoms with Crippen molar-refractivity contribution in [2.45, 2.75) is 146 Å². The molecular formula is C33H54O11. The summed E-state index contributed by atoms with van der Waals surface area (Å²) in [7, 11) is 0. The molecule has 0 amide bonds. The average molecular weight is 627 g/mol. The number of hydrogen-bond donors (Lipinski definition) is 8. The monoisotopic (exact) mass is 626 g/mol. The van der Waals surface area contributed by atoms with Crippen LogP contribution in [0.4, 0.5) is 0 Å². The van der Waals surface area contributed by atoms with Crippen molar-refractivity contribution in [1.29, 1.82) is 0 Å². The molecule has 0 aromatic carbocycles. The van der Waals surface area contributed by atoms with Crippen molar-refractivity contribution >= 4 is 5.78 Å². The largest absolute Gasteiger partial charge is 0.394 e. The van der Waals surface area contributed by atoms with Crippen LogP contribution in [0, 0.1) is 34.5 Å². The molecule has 4 aliphatic carbocycles. The lowest BCUT2D eigenvalue weighted by Crippen LogP contribution is -2.64. The first-order valence-corrected chi connectivity index (χ1v) is 16.4. The van der Waals surface area contributed by atoms with Gasteiger partial charge < -0.3 is 50.3 Å². The van der Waals surface area contributed by atoms with E-state index in [1.165, 1.54) is 0 Å². The minimum absolute atomic E-state index is 0.104. The summed E-state index contributed by atoms with van der Waals surface area (Å²) < 4.78 is 11.6. The third kappa shape index (κ3) is 5.23. The topological polar surface area (TPSA) is 197 Å². The molecule has 11 heteroatoms. The third-order valence-corrected chi connectivity index (χ3v) is 12.6. The molecular weight excluding hydrogens is 572 g/mol. The fourth-order valence-electron chi connectivity index (χ4n) is 9.79. The number of allylic oxidation sites excluding steroid dienone is 1. The lowest BCUT2D eigenvalue weighted by Gasteiger charge is -2.61. The Hall–Kier alpha value is -0.990. The van der Waals surface area contributed by atoms with Gasteiger partial charge in [0.05, 0.1) is 36.1 Å². The lowest BCUT2D eigenvalue weighted by atomic mass is 9.45. The second-order valence-corrected chi connectivity index (χ2v) is 15.6. The van der Waals surface area contributed by atoms with Crippen LogP contribution in [0.15, 0.2) is 11.6 Å². The fraction of sp³-hybridized carbons (Fsp3) is 0.909. The number of carbonyl (C=O) groups is 1. The van der Waals surface area contributed by atoms with Gasteiger partial charge in [0.1, 0.15) is 24.4 Å². The maximum atomic E-state index is 13.7. The molecule has 0 spiro atoms. The molecule has 15 unspecified atom stereocenters. The van der Waals surface area contributed by atoms with Crippen LogP contribution in [-0.2, 0) is 14.3 Å². The highest BCUT2D eigenvalue weighted by Crippen LogP contribution is 2.68. The Bertz CT molecular complexity index is 1110. The third-order valence-electron chi connectivity index (χ3n) is 12.6. The van der Waals surface area contributed by atoms with E-state index >= 15 is 0 Å². The van der Waals surface area contributed by atoms with Crippen molar-refractivity contribution in [3.8, 4) is 0 Å². The van der Waals surface area contributed by atoms with E-state index in [1.807, 2.05) is 13.8 Å². The fourth-order valence-corrected chi connectivity index (χ4v) is 9.79. The number of rotatable bonds is 8. The van der Waals surface area contributed by atoms with E-state index in [-0.39, 0.29) is 30.5 Å². The van der Waals surface area contributed by atoms with Crippen LogP contribution >= 0.6 is 0 Å². The summed E-state index contributed by atoms with van der Waals surface area (Å²) in [6, 6.07) is 0. The van der Waals surface area contributed by atoms with Crippen LogP contribution in [-0.4, -0.2) is 113 Å². The Labute approximate surface area is 259 Å². The molecule has 5 rings (SSSR count). The number of aliphatic hydroxyl groups is 8. The minimum atomic E-state index is -1.62. The molecule has 1 saturated heterocycles. The number of hydrogen-bond acceptors (Lipinski definition) is 11. The molecule has 1 aliphatic heterocycles. The summed E-state index contributed by atoms with van der Waals surface area (Å²) >= 11 is 0. The van der Waals surface area contributed by atoms with Gasteiger partial charge >= 0.3 is 0 Å². The van der Waals surface area contributed by atoms with Crippen LogP contribution in [0.2, 0.25) is 0 Å². The van der Waals surface area contributed by atoms with Crippen molar-refractivity contribution in [1.82, 2.24) is 0 Å². The molecule has 0 bridgehead atoms. The highest BCUT2D eigenvalue weighted by Gasteiger charge is 2.69. The second-order valence-electron chi connectivity index (χ2n) is 15.6. The van der Waals surface area contributed by atoms with Gasteiger partial charge in [0, 0.05) is 11.3 Å². The maximum absolute atomic E-state index is 13.7. The zero-order valence-electron chi connectivity index (χ0n) is 26.7. The second kappa shape index (κ2) is 11.9. The summed E-state index contributed by atoms with van der Waals surface area (Å²) in [6.07, 6.45) is -5.11. The average Bonchev–Trinajstić information content (AvgIpc) is 3.25. The standard InChI is InChI=1S/C33H54O11/c1-16(2)6-7-25(37)32(5,41)24-9-11-33(42)18-12-20(35)19-13-21(36)22(14-30(19,3)17(18)8-10-31(24,33)4)43-29-28(40)27(39)26(38)23(15-34)44-29/h12,16-17,19,21-29,34,36-42H,6-11,13-15H2,1-5H3. The van der Waals surface area contributed by atoms with Gasteiger partial charge in [0.15, 0.2) is 12.1 Å². The molecule has 252 valence electrons. The van der Waals surface area contributed by atoms with Crippen LogP contribution in [0.5, 0.6) is 0 Å². The van der Waals surface area contributed by atoms with Crippen molar-refractivity contribution in [2.75, 3.05) is 6.61 Å². The molecule has 0 aromatic rings. The summed E-state index contributed by atoms with van der Waals surface area (Å²) in [5, 5.41) is 87.0. The van der Waals surface area contributed by atoms with E-state index in [2.05, 4.69) is 13.8 Å². The van der Waals surface area contributed by atoms with Gasteiger partial charge in [-0.2, -0.15) is 0 Å². The number of aliphatic hydroxyl groups excluding tert-OH is 6.